The highest BCUT2D eigenvalue weighted by molar-refractivity contribution is 5.02. The highest BCUT2D eigenvalue weighted by atomic mass is 16.7. The second kappa shape index (κ2) is 16.4. The van der Waals surface area contributed by atoms with Gasteiger partial charge in [0.05, 0.1) is 37.0 Å². The number of nitrogens with two attached hydrogens (primary N) is 4. The zero-order valence-corrected chi connectivity index (χ0v) is 23.1. The van der Waals surface area contributed by atoms with Crippen LogP contribution in [0.25, 0.3) is 0 Å². The molecule has 1 aliphatic carbocycles. The summed E-state index contributed by atoms with van der Waals surface area (Å²) in [5.74, 6) is 0. The fraction of sp³-hybridized carbons (Fsp3) is 1.00. The first-order chi connectivity index (χ1) is 19.5. The Morgan fingerprint density at radius 3 is 2.20 bits per heavy atom. The summed E-state index contributed by atoms with van der Waals surface area (Å²) in [5, 5.41) is 77.5. The Kier molecular flexibility index (Phi) is 13.9. The molecule has 0 aromatic heterocycles. The van der Waals surface area contributed by atoms with E-state index in [0.717, 1.165) is 0 Å². The van der Waals surface area contributed by atoms with Gasteiger partial charge in [-0.05, 0) is 25.8 Å². The molecule has 0 spiro atoms. The van der Waals surface area contributed by atoms with Crippen LogP contribution >= 0.6 is 0 Å². The van der Waals surface area contributed by atoms with Gasteiger partial charge in [0.25, 0.3) is 0 Å². The second-order valence-corrected chi connectivity index (χ2v) is 11.1. The Labute approximate surface area is 239 Å². The fourth-order valence-corrected chi connectivity index (χ4v) is 5.38. The molecule has 1 saturated carbocycles. The minimum Gasteiger partial charge on any atom is -0.396 e. The van der Waals surface area contributed by atoms with Crippen molar-refractivity contribution in [3.8, 4) is 0 Å². The Hall–Kier alpha value is -0.680. The number of aliphatic hydroxyl groups is 7. The van der Waals surface area contributed by atoms with Gasteiger partial charge in [0.2, 0.25) is 0 Å². The van der Waals surface area contributed by atoms with Crippen LogP contribution in [0.15, 0.2) is 0 Å². The van der Waals surface area contributed by atoms with Crippen molar-refractivity contribution in [2.45, 2.75) is 111 Å². The topological polar surface area (TPSA) is 307 Å². The van der Waals surface area contributed by atoms with Crippen molar-refractivity contribution in [3.05, 3.63) is 0 Å². The van der Waals surface area contributed by atoms with Crippen LogP contribution in [-0.2, 0) is 18.9 Å². The normalized spacial score (nSPS) is 44.6. The summed E-state index contributed by atoms with van der Waals surface area (Å²) < 4.78 is 23.6. The molecule has 3 fully saturated rings. The van der Waals surface area contributed by atoms with Gasteiger partial charge >= 0.3 is 0 Å². The molecule has 2 heterocycles. The smallest absolute Gasteiger partial charge is 0.186 e. The van der Waals surface area contributed by atoms with E-state index in [1.165, 1.54) is 0 Å². The molecule has 2 saturated heterocycles. The van der Waals surface area contributed by atoms with Crippen molar-refractivity contribution in [2.24, 2.45) is 22.9 Å². The summed E-state index contributed by atoms with van der Waals surface area (Å²) in [4.78, 5) is 0. The maximum Gasteiger partial charge on any atom is 0.186 e. The summed E-state index contributed by atoms with van der Waals surface area (Å²) in [6.07, 6.45) is -11.6. The SMILES string of the molecule is NCC(O)CN[C@@H]1C[C@H](N)[C@@H](O[C@H]2O[C@H](CNCCCO)[C@@H](O)C[C@H]2N)[C@H](O)[C@H]1O[C@H]1O[C@H](CO)[C@@H](O)[C@H](N)[C@H]1O. The number of hydrogen-bond donors (Lipinski definition) is 13. The standard InChI is InChI=1S/C24H50N6O11/c25-6-10(33)7-30-13-4-11(26)21(40-23-12(27)5-14(34)15(38-23)8-29-2-1-3-31)20(37)22(13)41-24-19(36)17(28)18(35)16(9-32)39-24/h10-24,29-37H,1-9,25-28H2/t10?,11-,12+,13+,14-,15+,16+,17-,18+,19+,20-,21+,22-,23+,24+/m0/s1. The molecule has 15 atom stereocenters. The molecular weight excluding hydrogens is 548 g/mol. The van der Waals surface area contributed by atoms with Crippen LogP contribution < -0.4 is 33.6 Å². The van der Waals surface area contributed by atoms with E-state index in [1.807, 2.05) is 0 Å². The van der Waals surface area contributed by atoms with Crippen LogP contribution in [0, 0.1) is 0 Å². The highest BCUT2D eigenvalue weighted by Gasteiger charge is 2.51. The van der Waals surface area contributed by atoms with Gasteiger partial charge in [0.1, 0.15) is 36.6 Å². The van der Waals surface area contributed by atoms with E-state index in [2.05, 4.69) is 10.6 Å². The van der Waals surface area contributed by atoms with Crippen LogP contribution in [0.1, 0.15) is 19.3 Å². The summed E-state index contributed by atoms with van der Waals surface area (Å²) >= 11 is 0. The largest absolute Gasteiger partial charge is 0.396 e. The van der Waals surface area contributed by atoms with Gasteiger partial charge in [0.15, 0.2) is 12.6 Å². The summed E-state index contributed by atoms with van der Waals surface area (Å²) in [7, 11) is 0. The van der Waals surface area contributed by atoms with Crippen LogP contribution in [0.2, 0.25) is 0 Å². The summed E-state index contributed by atoms with van der Waals surface area (Å²) in [5.41, 5.74) is 24.1. The third-order valence-corrected chi connectivity index (χ3v) is 7.88. The average molecular weight is 599 g/mol. The van der Waals surface area contributed by atoms with E-state index in [0.29, 0.717) is 13.0 Å². The molecule has 0 aromatic rings. The Morgan fingerprint density at radius 1 is 0.854 bits per heavy atom. The lowest BCUT2D eigenvalue weighted by molar-refractivity contribution is -0.316. The molecule has 0 aromatic carbocycles. The molecule has 17 heteroatoms. The molecule has 3 rings (SSSR count). The van der Waals surface area contributed by atoms with Gasteiger partial charge in [-0.2, -0.15) is 0 Å². The maximum atomic E-state index is 11.5. The number of nitrogens with one attached hydrogen (secondary N) is 2. The third-order valence-electron chi connectivity index (χ3n) is 7.88. The zero-order chi connectivity index (χ0) is 30.3. The molecular formula is C24H50N6O11. The van der Waals surface area contributed by atoms with Crippen LogP contribution in [0.3, 0.4) is 0 Å². The fourth-order valence-electron chi connectivity index (χ4n) is 5.38. The van der Waals surface area contributed by atoms with Crippen molar-refractivity contribution in [3.63, 3.8) is 0 Å². The van der Waals surface area contributed by atoms with Crippen LogP contribution in [0.5, 0.6) is 0 Å². The number of ether oxygens (including phenoxy) is 4. The lowest BCUT2D eigenvalue weighted by Crippen LogP contribution is -2.69. The maximum absolute atomic E-state index is 11.5. The van der Waals surface area contributed by atoms with E-state index in [-0.39, 0.29) is 39.1 Å². The van der Waals surface area contributed by atoms with E-state index >= 15 is 0 Å². The molecule has 17 N–H and O–H groups in total. The molecule has 2 aliphatic heterocycles. The van der Waals surface area contributed by atoms with E-state index in [9.17, 15) is 30.6 Å². The molecule has 1 unspecified atom stereocenters. The van der Waals surface area contributed by atoms with E-state index < -0.39 is 98.3 Å². The lowest BCUT2D eigenvalue weighted by atomic mass is 9.83. The van der Waals surface area contributed by atoms with Gasteiger partial charge in [-0.15, -0.1) is 0 Å². The monoisotopic (exact) mass is 598 g/mol. The first-order valence-corrected chi connectivity index (χ1v) is 14.2. The van der Waals surface area contributed by atoms with Crippen molar-refractivity contribution < 1.29 is 54.7 Å². The third kappa shape index (κ3) is 8.93. The van der Waals surface area contributed by atoms with Crippen LogP contribution in [0.4, 0.5) is 0 Å². The van der Waals surface area contributed by atoms with Crippen molar-refractivity contribution in [1.29, 1.82) is 0 Å². The van der Waals surface area contributed by atoms with Gasteiger partial charge in [-0.25, -0.2) is 0 Å². The summed E-state index contributed by atoms with van der Waals surface area (Å²) in [6, 6.07) is -3.36. The first kappa shape index (κ1) is 34.8. The average Bonchev–Trinajstić information content (AvgIpc) is 2.95. The molecule has 242 valence electrons. The van der Waals surface area contributed by atoms with Crippen molar-refractivity contribution >= 4 is 0 Å². The van der Waals surface area contributed by atoms with Crippen LogP contribution in [-0.4, -0.2) is 167 Å². The molecule has 0 radical (unpaired) electrons. The Balaban J connectivity index is 1.75. The second-order valence-electron chi connectivity index (χ2n) is 11.1. The molecule has 41 heavy (non-hydrogen) atoms. The number of rotatable bonds is 14. The molecule has 0 amide bonds. The zero-order valence-electron chi connectivity index (χ0n) is 23.1. The Bertz CT molecular complexity index is 763. The highest BCUT2D eigenvalue weighted by Crippen LogP contribution is 2.31. The first-order valence-electron chi connectivity index (χ1n) is 14.2. The predicted molar refractivity (Wildman–Crippen MR) is 143 cm³/mol. The van der Waals surface area contributed by atoms with Gasteiger partial charge in [-0.1, -0.05) is 0 Å². The number of aliphatic hydroxyl groups excluding tert-OH is 7. The van der Waals surface area contributed by atoms with Crippen molar-refractivity contribution in [1.82, 2.24) is 10.6 Å². The number of hydrogen-bond acceptors (Lipinski definition) is 17. The Morgan fingerprint density at radius 2 is 1.54 bits per heavy atom. The lowest BCUT2D eigenvalue weighted by Gasteiger charge is -2.48. The minimum atomic E-state index is -1.50. The van der Waals surface area contributed by atoms with E-state index in [1.54, 1.807) is 0 Å². The van der Waals surface area contributed by atoms with Crippen molar-refractivity contribution in [2.75, 3.05) is 39.4 Å². The van der Waals surface area contributed by atoms with Gasteiger partial charge in [-0.3, -0.25) is 0 Å². The van der Waals surface area contributed by atoms with Gasteiger partial charge in [0, 0.05) is 38.3 Å². The minimum absolute atomic E-state index is 0.0141. The molecule has 17 nitrogen and oxygen atoms in total. The predicted octanol–water partition coefficient (Wildman–Crippen LogP) is -7.33. The van der Waals surface area contributed by atoms with E-state index in [4.69, 9.17) is 47.0 Å². The van der Waals surface area contributed by atoms with Gasteiger partial charge < -0.3 is 88.3 Å². The molecule has 0 bridgehead atoms. The summed E-state index contributed by atoms with van der Waals surface area (Å²) in [6.45, 7) is 0.274. The molecule has 3 aliphatic rings. The quantitative estimate of drug-likeness (QED) is 0.0826.